The lowest BCUT2D eigenvalue weighted by atomic mass is 10.1. The molecule has 0 N–H and O–H groups in total. The van der Waals surface area contributed by atoms with Gasteiger partial charge in [-0.3, -0.25) is 4.68 Å². The van der Waals surface area contributed by atoms with E-state index in [4.69, 9.17) is 11.6 Å². The summed E-state index contributed by atoms with van der Waals surface area (Å²) < 4.78 is 2.57. The zero-order chi connectivity index (χ0) is 14.1. The van der Waals surface area contributed by atoms with Crippen LogP contribution in [0, 0.1) is 3.57 Å². The largest absolute Gasteiger partial charge is 0.275 e. The van der Waals surface area contributed by atoms with Crippen LogP contribution in [0.2, 0.25) is 5.15 Å². The van der Waals surface area contributed by atoms with Crippen molar-refractivity contribution >= 4 is 34.2 Å². The van der Waals surface area contributed by atoms with Crippen LogP contribution < -0.4 is 0 Å². The lowest BCUT2D eigenvalue weighted by Crippen LogP contribution is -1.96. The average Bonchev–Trinajstić information content (AvgIpc) is 2.89. The summed E-state index contributed by atoms with van der Waals surface area (Å²) in [6, 6.07) is 9.94. The molecule has 0 saturated carbocycles. The number of nitrogens with zero attached hydrogens (tertiary/aromatic N) is 4. The summed E-state index contributed by atoms with van der Waals surface area (Å²) in [5.74, 6) is 0.586. The van der Waals surface area contributed by atoms with Gasteiger partial charge in [0.2, 0.25) is 0 Å². The lowest BCUT2D eigenvalue weighted by molar-refractivity contribution is 0.768. The van der Waals surface area contributed by atoms with Gasteiger partial charge in [0.1, 0.15) is 5.15 Å². The van der Waals surface area contributed by atoms with Crippen molar-refractivity contribution in [2.45, 2.75) is 0 Å². The first-order valence-electron chi connectivity index (χ1n) is 5.92. The molecule has 0 aliphatic carbocycles. The van der Waals surface area contributed by atoms with E-state index in [1.54, 1.807) is 10.9 Å². The molecule has 0 aliphatic rings. The predicted molar refractivity (Wildman–Crippen MR) is 87.4 cm³/mol. The number of rotatable bonds is 2. The standard InChI is InChI=1S/C14H10ClIN4/c1-20-8-10(7-17-20)14-18-12(11(16)13(15)19-14)9-5-3-2-4-6-9/h2-8H,1H3. The Balaban J connectivity index is 2.18. The fourth-order valence-corrected chi connectivity index (χ4v) is 2.60. The van der Waals surface area contributed by atoms with Crippen LogP contribution in [0.5, 0.6) is 0 Å². The molecule has 0 radical (unpaired) electrons. The van der Waals surface area contributed by atoms with E-state index < -0.39 is 0 Å². The van der Waals surface area contributed by atoms with Crippen molar-refractivity contribution in [3.05, 3.63) is 51.4 Å². The zero-order valence-electron chi connectivity index (χ0n) is 10.6. The van der Waals surface area contributed by atoms with E-state index in [-0.39, 0.29) is 0 Å². The molecule has 20 heavy (non-hydrogen) atoms. The molecule has 2 heterocycles. The van der Waals surface area contributed by atoms with Gasteiger partial charge in [-0.2, -0.15) is 5.10 Å². The van der Waals surface area contributed by atoms with Gasteiger partial charge in [-0.1, -0.05) is 41.9 Å². The minimum atomic E-state index is 0.457. The van der Waals surface area contributed by atoms with Gasteiger partial charge in [-0.05, 0) is 22.6 Å². The third kappa shape index (κ3) is 2.55. The molecule has 2 aromatic heterocycles. The van der Waals surface area contributed by atoms with Crippen molar-refractivity contribution in [1.29, 1.82) is 0 Å². The van der Waals surface area contributed by atoms with Crippen LogP contribution in [0.15, 0.2) is 42.7 Å². The van der Waals surface area contributed by atoms with Gasteiger partial charge in [-0.15, -0.1) is 0 Å². The molecular weight excluding hydrogens is 387 g/mol. The van der Waals surface area contributed by atoms with Crippen molar-refractivity contribution in [3.8, 4) is 22.6 Å². The highest BCUT2D eigenvalue weighted by Crippen LogP contribution is 2.30. The highest BCUT2D eigenvalue weighted by Gasteiger charge is 2.14. The van der Waals surface area contributed by atoms with Gasteiger partial charge >= 0.3 is 0 Å². The van der Waals surface area contributed by atoms with E-state index in [9.17, 15) is 0 Å². The van der Waals surface area contributed by atoms with Crippen LogP contribution in [0.3, 0.4) is 0 Å². The first-order valence-corrected chi connectivity index (χ1v) is 7.38. The van der Waals surface area contributed by atoms with Gasteiger partial charge in [-0.25, -0.2) is 9.97 Å². The molecule has 100 valence electrons. The zero-order valence-corrected chi connectivity index (χ0v) is 13.5. The first-order chi connectivity index (χ1) is 9.65. The third-order valence-corrected chi connectivity index (χ3v) is 4.44. The molecule has 0 unspecified atom stereocenters. The summed E-state index contributed by atoms with van der Waals surface area (Å²) in [5, 5.41) is 4.60. The summed E-state index contributed by atoms with van der Waals surface area (Å²) in [5.41, 5.74) is 2.71. The van der Waals surface area contributed by atoms with E-state index in [2.05, 4.69) is 37.7 Å². The fourth-order valence-electron chi connectivity index (χ4n) is 1.87. The quantitative estimate of drug-likeness (QED) is 0.489. The smallest absolute Gasteiger partial charge is 0.164 e. The summed E-state index contributed by atoms with van der Waals surface area (Å²) >= 11 is 8.41. The number of aromatic nitrogens is 4. The summed E-state index contributed by atoms with van der Waals surface area (Å²) in [4.78, 5) is 8.97. The van der Waals surface area contributed by atoms with Gasteiger partial charge in [0.05, 0.1) is 21.0 Å². The molecule has 0 amide bonds. The number of hydrogen-bond donors (Lipinski definition) is 0. The highest BCUT2D eigenvalue weighted by molar-refractivity contribution is 14.1. The number of aryl methyl sites for hydroxylation is 1. The Kier molecular flexibility index (Phi) is 3.71. The lowest BCUT2D eigenvalue weighted by Gasteiger charge is -2.07. The normalized spacial score (nSPS) is 10.8. The van der Waals surface area contributed by atoms with Crippen LogP contribution >= 0.6 is 34.2 Å². The number of benzene rings is 1. The molecule has 0 aliphatic heterocycles. The van der Waals surface area contributed by atoms with Crippen LogP contribution in [0.4, 0.5) is 0 Å². The third-order valence-electron chi connectivity index (χ3n) is 2.82. The number of hydrogen-bond acceptors (Lipinski definition) is 3. The van der Waals surface area contributed by atoms with Crippen molar-refractivity contribution in [2.24, 2.45) is 7.05 Å². The second kappa shape index (κ2) is 5.49. The second-order valence-electron chi connectivity index (χ2n) is 4.27. The van der Waals surface area contributed by atoms with Crippen LogP contribution in [0.1, 0.15) is 0 Å². The number of halogens is 2. The Morgan fingerprint density at radius 1 is 1.10 bits per heavy atom. The van der Waals surface area contributed by atoms with E-state index in [1.165, 1.54) is 0 Å². The monoisotopic (exact) mass is 396 g/mol. The van der Waals surface area contributed by atoms with E-state index in [0.717, 1.165) is 20.4 Å². The predicted octanol–water partition coefficient (Wildman–Crippen LogP) is 3.80. The maximum atomic E-state index is 6.24. The first kappa shape index (κ1) is 13.5. The molecule has 0 fully saturated rings. The molecule has 3 aromatic rings. The molecule has 6 heteroatoms. The van der Waals surface area contributed by atoms with Crippen molar-refractivity contribution in [1.82, 2.24) is 19.7 Å². The summed E-state index contributed by atoms with van der Waals surface area (Å²) in [7, 11) is 1.86. The Bertz CT molecular complexity index is 755. The minimum Gasteiger partial charge on any atom is -0.275 e. The van der Waals surface area contributed by atoms with Gasteiger partial charge < -0.3 is 0 Å². The van der Waals surface area contributed by atoms with Gasteiger partial charge in [0.15, 0.2) is 5.82 Å². The van der Waals surface area contributed by atoms with Crippen LogP contribution in [0.25, 0.3) is 22.6 Å². The van der Waals surface area contributed by atoms with Crippen molar-refractivity contribution in [2.75, 3.05) is 0 Å². The van der Waals surface area contributed by atoms with Gasteiger partial charge in [0.25, 0.3) is 0 Å². The molecule has 3 rings (SSSR count). The van der Waals surface area contributed by atoms with Crippen LogP contribution in [-0.4, -0.2) is 19.7 Å². The van der Waals surface area contributed by atoms with Crippen molar-refractivity contribution in [3.63, 3.8) is 0 Å². The van der Waals surface area contributed by atoms with E-state index >= 15 is 0 Å². The van der Waals surface area contributed by atoms with Crippen molar-refractivity contribution < 1.29 is 0 Å². The fraction of sp³-hybridized carbons (Fsp3) is 0.0714. The Labute approximate surface area is 135 Å². The highest BCUT2D eigenvalue weighted by atomic mass is 127. The summed E-state index contributed by atoms with van der Waals surface area (Å²) in [6.07, 6.45) is 3.60. The molecule has 4 nitrogen and oxygen atoms in total. The Hall–Kier alpha value is -1.47. The SMILES string of the molecule is Cn1cc(-c2nc(Cl)c(I)c(-c3ccccc3)n2)cn1. The average molecular weight is 397 g/mol. The molecule has 0 spiro atoms. The molecule has 0 saturated heterocycles. The maximum Gasteiger partial charge on any atom is 0.164 e. The van der Waals surface area contributed by atoms with E-state index in [0.29, 0.717) is 11.0 Å². The Morgan fingerprint density at radius 2 is 1.85 bits per heavy atom. The van der Waals surface area contributed by atoms with E-state index in [1.807, 2.05) is 43.6 Å². The van der Waals surface area contributed by atoms with Gasteiger partial charge in [0, 0.05) is 18.8 Å². The molecular formula is C14H10ClIN4. The Morgan fingerprint density at radius 3 is 2.50 bits per heavy atom. The topological polar surface area (TPSA) is 43.6 Å². The molecule has 1 aromatic carbocycles. The minimum absolute atomic E-state index is 0.457. The molecule has 0 atom stereocenters. The maximum absolute atomic E-state index is 6.24. The summed E-state index contributed by atoms with van der Waals surface area (Å²) in [6.45, 7) is 0. The van der Waals surface area contributed by atoms with Crippen LogP contribution in [-0.2, 0) is 7.05 Å². The second-order valence-corrected chi connectivity index (χ2v) is 5.71. The molecule has 0 bridgehead atoms.